The minimum absolute atomic E-state index is 0.00891. The number of halogens is 3. The Morgan fingerprint density at radius 2 is 2.26 bits per heavy atom. The number of nitrogens with one attached hydrogen (secondary N) is 1. The zero-order chi connectivity index (χ0) is 16.4. The average molecular weight is 328 g/mol. The normalized spacial score (nSPS) is 19.3. The number of likely N-dealkylation sites (N-methyl/N-ethyl adjacent to an activating group) is 1. The number of hydrogen-bond donors (Lipinski definition) is 1. The summed E-state index contributed by atoms with van der Waals surface area (Å²) in [6, 6.07) is 3.17. The SMILES string of the molecule is CN1CCNCC1c1noc(-c2ccc(F)cc2OC(F)F)n1. The van der Waals surface area contributed by atoms with Crippen molar-refractivity contribution >= 4 is 0 Å². The zero-order valence-electron chi connectivity index (χ0n) is 12.3. The molecular weight excluding hydrogens is 313 g/mol. The predicted molar refractivity (Wildman–Crippen MR) is 74.6 cm³/mol. The van der Waals surface area contributed by atoms with E-state index in [1.54, 1.807) is 0 Å². The van der Waals surface area contributed by atoms with E-state index >= 15 is 0 Å². The first-order valence-electron chi connectivity index (χ1n) is 7.04. The van der Waals surface area contributed by atoms with E-state index in [1.165, 1.54) is 6.07 Å². The van der Waals surface area contributed by atoms with E-state index < -0.39 is 12.4 Å². The van der Waals surface area contributed by atoms with Gasteiger partial charge in [0, 0.05) is 25.7 Å². The molecule has 0 radical (unpaired) electrons. The fraction of sp³-hybridized carbons (Fsp3) is 0.429. The molecule has 0 bridgehead atoms. The molecule has 1 atom stereocenters. The van der Waals surface area contributed by atoms with Crippen molar-refractivity contribution < 1.29 is 22.4 Å². The summed E-state index contributed by atoms with van der Waals surface area (Å²) in [6.45, 7) is -0.738. The van der Waals surface area contributed by atoms with E-state index in [0.29, 0.717) is 12.4 Å². The molecule has 1 aromatic heterocycles. The van der Waals surface area contributed by atoms with Gasteiger partial charge in [-0.3, -0.25) is 4.90 Å². The van der Waals surface area contributed by atoms with E-state index in [2.05, 4.69) is 25.1 Å². The predicted octanol–water partition coefficient (Wildman–Crippen LogP) is 2.05. The van der Waals surface area contributed by atoms with Crippen molar-refractivity contribution in [1.82, 2.24) is 20.4 Å². The average Bonchev–Trinajstić information content (AvgIpc) is 2.96. The van der Waals surface area contributed by atoms with Gasteiger partial charge in [-0.25, -0.2) is 4.39 Å². The van der Waals surface area contributed by atoms with Crippen LogP contribution in [-0.4, -0.2) is 48.3 Å². The molecule has 2 aromatic rings. The third-order valence-electron chi connectivity index (χ3n) is 3.64. The van der Waals surface area contributed by atoms with Crippen molar-refractivity contribution in [2.24, 2.45) is 0 Å². The van der Waals surface area contributed by atoms with Crippen molar-refractivity contribution in [2.45, 2.75) is 12.7 Å². The largest absolute Gasteiger partial charge is 0.434 e. The quantitative estimate of drug-likeness (QED) is 0.927. The van der Waals surface area contributed by atoms with E-state index in [-0.39, 0.29) is 23.2 Å². The fourth-order valence-corrected chi connectivity index (χ4v) is 2.44. The van der Waals surface area contributed by atoms with Crippen LogP contribution in [0.5, 0.6) is 5.75 Å². The number of aromatic nitrogens is 2. The summed E-state index contributed by atoms with van der Waals surface area (Å²) in [5.41, 5.74) is 0.122. The van der Waals surface area contributed by atoms with Crippen molar-refractivity contribution in [3.8, 4) is 17.2 Å². The van der Waals surface area contributed by atoms with Gasteiger partial charge in [0.2, 0.25) is 0 Å². The molecule has 124 valence electrons. The second-order valence-electron chi connectivity index (χ2n) is 5.18. The van der Waals surface area contributed by atoms with Gasteiger partial charge in [-0.05, 0) is 19.2 Å². The summed E-state index contributed by atoms with van der Waals surface area (Å²) in [5.74, 6) is -0.595. The van der Waals surface area contributed by atoms with Gasteiger partial charge in [0.15, 0.2) is 5.82 Å². The maximum atomic E-state index is 13.3. The highest BCUT2D eigenvalue weighted by Crippen LogP contribution is 2.32. The van der Waals surface area contributed by atoms with Gasteiger partial charge in [0.05, 0.1) is 11.6 Å². The molecule has 1 unspecified atom stereocenters. The lowest BCUT2D eigenvalue weighted by molar-refractivity contribution is -0.0496. The summed E-state index contributed by atoms with van der Waals surface area (Å²) >= 11 is 0. The number of rotatable bonds is 4. The van der Waals surface area contributed by atoms with Crippen molar-refractivity contribution in [2.75, 3.05) is 26.7 Å². The highest BCUT2D eigenvalue weighted by atomic mass is 19.3. The lowest BCUT2D eigenvalue weighted by Crippen LogP contribution is -2.44. The summed E-state index contributed by atoms with van der Waals surface area (Å²) in [5, 5.41) is 7.13. The Labute approximate surface area is 130 Å². The van der Waals surface area contributed by atoms with Crippen LogP contribution in [0.4, 0.5) is 13.2 Å². The molecule has 1 saturated heterocycles. The smallest absolute Gasteiger partial charge is 0.387 e. The van der Waals surface area contributed by atoms with Crippen molar-refractivity contribution in [1.29, 1.82) is 0 Å². The van der Waals surface area contributed by atoms with Gasteiger partial charge in [0.1, 0.15) is 11.6 Å². The monoisotopic (exact) mass is 328 g/mol. The van der Waals surface area contributed by atoms with Crippen LogP contribution in [0.1, 0.15) is 11.9 Å². The van der Waals surface area contributed by atoms with Crippen LogP contribution in [0, 0.1) is 5.82 Å². The molecule has 9 heteroatoms. The summed E-state index contributed by atoms with van der Waals surface area (Å²) in [7, 11) is 1.94. The molecule has 1 aromatic carbocycles. The third kappa shape index (κ3) is 3.45. The second-order valence-corrected chi connectivity index (χ2v) is 5.18. The Hall–Kier alpha value is -2.13. The van der Waals surface area contributed by atoms with E-state index in [0.717, 1.165) is 25.2 Å². The number of alkyl halides is 2. The number of hydrogen-bond acceptors (Lipinski definition) is 6. The summed E-state index contributed by atoms with van der Waals surface area (Å²) in [4.78, 5) is 6.31. The topological polar surface area (TPSA) is 63.4 Å². The molecule has 0 aliphatic carbocycles. The molecular formula is C14H15F3N4O2. The zero-order valence-corrected chi connectivity index (χ0v) is 12.3. The van der Waals surface area contributed by atoms with Crippen LogP contribution in [0.3, 0.4) is 0 Å². The van der Waals surface area contributed by atoms with Crippen LogP contribution in [-0.2, 0) is 0 Å². The molecule has 2 heterocycles. The van der Waals surface area contributed by atoms with E-state index in [9.17, 15) is 13.2 Å². The lowest BCUT2D eigenvalue weighted by Gasteiger charge is -2.30. The molecule has 0 spiro atoms. The first-order chi connectivity index (χ1) is 11.0. The molecule has 0 saturated carbocycles. The number of nitrogens with zero attached hydrogens (tertiary/aromatic N) is 3. The van der Waals surface area contributed by atoms with E-state index in [1.807, 2.05) is 7.05 Å². The first-order valence-corrected chi connectivity index (χ1v) is 7.04. The molecule has 0 amide bonds. The minimum Gasteiger partial charge on any atom is -0.434 e. The van der Waals surface area contributed by atoms with Crippen LogP contribution < -0.4 is 10.1 Å². The molecule has 1 N–H and O–H groups in total. The van der Waals surface area contributed by atoms with E-state index in [4.69, 9.17) is 4.52 Å². The van der Waals surface area contributed by atoms with Crippen molar-refractivity contribution in [3.63, 3.8) is 0 Å². The van der Waals surface area contributed by atoms with Crippen molar-refractivity contribution in [3.05, 3.63) is 29.8 Å². The van der Waals surface area contributed by atoms with Gasteiger partial charge < -0.3 is 14.6 Å². The summed E-state index contributed by atoms with van der Waals surface area (Å²) in [6.07, 6.45) is 0. The Bertz CT molecular complexity index is 680. The standard InChI is InChI=1S/C14H15F3N4O2/c1-21-5-4-18-7-10(21)12-19-13(23-20-12)9-3-2-8(15)6-11(9)22-14(16)17/h2-3,6,10,14,18H,4-5,7H2,1H3. The Morgan fingerprint density at radius 3 is 3.00 bits per heavy atom. The van der Waals surface area contributed by atoms with Crippen LogP contribution in [0.2, 0.25) is 0 Å². The third-order valence-corrected chi connectivity index (χ3v) is 3.64. The van der Waals surface area contributed by atoms with Gasteiger partial charge in [-0.1, -0.05) is 5.16 Å². The highest BCUT2D eigenvalue weighted by molar-refractivity contribution is 5.62. The minimum atomic E-state index is -3.08. The lowest BCUT2D eigenvalue weighted by atomic mass is 10.2. The van der Waals surface area contributed by atoms with Gasteiger partial charge in [-0.2, -0.15) is 13.8 Å². The Kier molecular flexibility index (Phi) is 4.49. The maximum absolute atomic E-state index is 13.3. The molecule has 23 heavy (non-hydrogen) atoms. The second kappa shape index (κ2) is 6.55. The van der Waals surface area contributed by atoms with Crippen LogP contribution in [0.25, 0.3) is 11.5 Å². The van der Waals surface area contributed by atoms with Crippen LogP contribution >= 0.6 is 0 Å². The van der Waals surface area contributed by atoms with Crippen LogP contribution in [0.15, 0.2) is 22.7 Å². The molecule has 1 aliphatic rings. The number of piperazine rings is 1. The molecule has 3 rings (SSSR count). The number of benzene rings is 1. The van der Waals surface area contributed by atoms with Gasteiger partial charge >= 0.3 is 6.61 Å². The number of ether oxygens (including phenoxy) is 1. The molecule has 6 nitrogen and oxygen atoms in total. The van der Waals surface area contributed by atoms with Gasteiger partial charge in [-0.15, -0.1) is 0 Å². The fourth-order valence-electron chi connectivity index (χ4n) is 2.44. The maximum Gasteiger partial charge on any atom is 0.387 e. The molecule has 1 aliphatic heterocycles. The Balaban J connectivity index is 1.91. The molecule has 1 fully saturated rings. The Morgan fingerprint density at radius 1 is 1.43 bits per heavy atom. The highest BCUT2D eigenvalue weighted by Gasteiger charge is 2.26. The summed E-state index contributed by atoms with van der Waals surface area (Å²) < 4.78 is 47.7. The van der Waals surface area contributed by atoms with Gasteiger partial charge in [0.25, 0.3) is 5.89 Å². The first kappa shape index (κ1) is 15.8.